The van der Waals surface area contributed by atoms with Gasteiger partial charge in [0.25, 0.3) is 0 Å². The molecule has 1 fully saturated rings. The van der Waals surface area contributed by atoms with Crippen molar-refractivity contribution in [1.29, 1.82) is 0 Å². The highest BCUT2D eigenvalue weighted by Crippen LogP contribution is 2.26. The predicted molar refractivity (Wildman–Crippen MR) is 141 cm³/mol. The Labute approximate surface area is 225 Å². The monoisotopic (exact) mass is 552 g/mol. The van der Waals surface area contributed by atoms with Gasteiger partial charge in [0.05, 0.1) is 25.1 Å². The van der Waals surface area contributed by atoms with Gasteiger partial charge < -0.3 is 20.1 Å². The zero-order chi connectivity index (χ0) is 28.1. The van der Waals surface area contributed by atoms with E-state index in [-0.39, 0.29) is 0 Å². The highest BCUT2D eigenvalue weighted by Gasteiger charge is 2.38. The number of hydrogen-bond donors (Lipinski definition) is 3. The molecule has 1 aliphatic heterocycles. The summed E-state index contributed by atoms with van der Waals surface area (Å²) in [6, 6.07) is 16.4. The molecule has 4 heterocycles. The number of aromatic nitrogens is 6. The second-order valence-corrected chi connectivity index (χ2v) is 8.68. The Morgan fingerprint density at radius 3 is 2.40 bits per heavy atom. The molecule has 0 bridgehead atoms. The number of hydrogen-bond acceptors (Lipinski definition) is 8. The minimum Gasteiger partial charge on any atom is -0.475 e. The fourth-order valence-corrected chi connectivity index (χ4v) is 3.93. The van der Waals surface area contributed by atoms with Crippen molar-refractivity contribution in [3.05, 3.63) is 73.4 Å². The van der Waals surface area contributed by atoms with Gasteiger partial charge in [-0.25, -0.2) is 14.5 Å². The van der Waals surface area contributed by atoms with E-state index >= 15 is 0 Å². The summed E-state index contributed by atoms with van der Waals surface area (Å²) >= 11 is 0. The summed E-state index contributed by atoms with van der Waals surface area (Å²) in [7, 11) is 0. The number of pyridine rings is 1. The molecule has 0 unspecified atom stereocenters. The number of H-pyrrole nitrogens is 1. The van der Waals surface area contributed by atoms with Crippen molar-refractivity contribution in [1.82, 2.24) is 29.9 Å². The quantitative estimate of drug-likeness (QED) is 0.290. The van der Waals surface area contributed by atoms with Gasteiger partial charge >= 0.3 is 12.1 Å². The van der Waals surface area contributed by atoms with E-state index < -0.39 is 12.1 Å². The molecular weight excluding hydrogens is 529 g/mol. The average molecular weight is 553 g/mol. The molecule has 0 aliphatic carbocycles. The summed E-state index contributed by atoms with van der Waals surface area (Å²) in [5.41, 5.74) is 4.07. The Balaban J connectivity index is 0.000000411. The van der Waals surface area contributed by atoms with Gasteiger partial charge in [-0.05, 0) is 47.3 Å². The first-order valence-electron chi connectivity index (χ1n) is 12.1. The first-order chi connectivity index (χ1) is 19.3. The van der Waals surface area contributed by atoms with Crippen molar-refractivity contribution in [3.63, 3.8) is 0 Å². The summed E-state index contributed by atoms with van der Waals surface area (Å²) in [6.07, 6.45) is 2.26. The maximum absolute atomic E-state index is 10.6. The summed E-state index contributed by atoms with van der Waals surface area (Å²) in [5.74, 6) is -1.24. The molecule has 0 atom stereocenters. The number of anilines is 3. The number of ether oxygens (including phenoxy) is 1. The van der Waals surface area contributed by atoms with Crippen molar-refractivity contribution >= 4 is 34.2 Å². The fraction of sp³-hybridized carbons (Fsp3) is 0.192. The molecule has 3 N–H and O–H groups in total. The maximum Gasteiger partial charge on any atom is 0.490 e. The fourth-order valence-electron chi connectivity index (χ4n) is 3.93. The van der Waals surface area contributed by atoms with E-state index in [1.807, 2.05) is 42.9 Å². The van der Waals surface area contributed by atoms with E-state index in [0.717, 1.165) is 58.1 Å². The minimum atomic E-state index is -5.08. The normalized spacial score (nSPS) is 13.5. The number of aromatic amines is 1. The van der Waals surface area contributed by atoms with Gasteiger partial charge in [-0.3, -0.25) is 5.10 Å². The lowest BCUT2D eigenvalue weighted by molar-refractivity contribution is -0.192. The predicted octanol–water partition coefficient (Wildman–Crippen LogP) is 4.42. The molecular formula is C26H23F3N8O3. The molecule has 1 saturated heterocycles. The molecule has 0 radical (unpaired) electrons. The van der Waals surface area contributed by atoms with Crippen LogP contribution in [0.3, 0.4) is 0 Å². The van der Waals surface area contributed by atoms with Gasteiger partial charge in [0.2, 0.25) is 5.95 Å². The first kappa shape index (κ1) is 26.6. The summed E-state index contributed by atoms with van der Waals surface area (Å²) in [6.45, 7) is 3.05. The van der Waals surface area contributed by atoms with Crippen molar-refractivity contribution in [2.45, 2.75) is 6.18 Å². The highest BCUT2D eigenvalue weighted by atomic mass is 19.4. The third-order valence-electron chi connectivity index (χ3n) is 5.97. The molecule has 11 nitrogen and oxygen atoms in total. The van der Waals surface area contributed by atoms with Crippen LogP contribution in [0.1, 0.15) is 0 Å². The number of carbonyl (C=O) groups is 1. The van der Waals surface area contributed by atoms with Gasteiger partial charge in [-0.1, -0.05) is 12.1 Å². The van der Waals surface area contributed by atoms with Crippen LogP contribution in [0.25, 0.3) is 27.6 Å². The molecule has 0 saturated carbocycles. The van der Waals surface area contributed by atoms with E-state index in [4.69, 9.17) is 14.6 Å². The van der Waals surface area contributed by atoms with Crippen LogP contribution in [0.15, 0.2) is 73.4 Å². The van der Waals surface area contributed by atoms with Gasteiger partial charge in [-0.2, -0.15) is 23.3 Å². The van der Waals surface area contributed by atoms with E-state index in [2.05, 4.69) is 59.7 Å². The first-order valence-corrected chi connectivity index (χ1v) is 12.1. The van der Waals surface area contributed by atoms with Gasteiger partial charge in [0.1, 0.15) is 12.1 Å². The zero-order valence-electron chi connectivity index (χ0n) is 20.8. The number of nitrogens with zero attached hydrogens (tertiary/aromatic N) is 6. The Morgan fingerprint density at radius 2 is 1.73 bits per heavy atom. The van der Waals surface area contributed by atoms with Crippen molar-refractivity contribution in [2.24, 2.45) is 0 Å². The second-order valence-electron chi connectivity index (χ2n) is 8.68. The molecule has 206 valence electrons. The molecule has 0 amide bonds. The van der Waals surface area contributed by atoms with Crippen LogP contribution in [0.5, 0.6) is 0 Å². The van der Waals surface area contributed by atoms with E-state index in [1.54, 1.807) is 11.0 Å². The van der Waals surface area contributed by atoms with E-state index in [0.29, 0.717) is 13.2 Å². The molecule has 1 aliphatic rings. The van der Waals surface area contributed by atoms with Crippen LogP contribution >= 0.6 is 0 Å². The number of benzene rings is 2. The topological polar surface area (TPSA) is 134 Å². The van der Waals surface area contributed by atoms with Gasteiger partial charge in [-0.15, -0.1) is 5.10 Å². The van der Waals surface area contributed by atoms with Crippen LogP contribution in [0.4, 0.5) is 30.6 Å². The van der Waals surface area contributed by atoms with Gasteiger partial charge in [0.15, 0.2) is 0 Å². The molecule has 5 aromatic rings. The molecule has 2 aromatic carbocycles. The summed E-state index contributed by atoms with van der Waals surface area (Å²) in [5, 5.41) is 24.2. The Bertz CT molecular complexity index is 1580. The third kappa shape index (κ3) is 6.35. The SMILES string of the molecule is O=C(O)C(F)(F)F.c1cc(-n2cnc(N3CCOCC3)n2)ccc1Nc1cc2cc(-c3cn[nH]c3)ccc2cn1. The Hall–Kier alpha value is -4.98. The van der Waals surface area contributed by atoms with Crippen LogP contribution in [0.2, 0.25) is 0 Å². The number of nitrogens with one attached hydrogen (secondary N) is 2. The standard InChI is InChI=1S/C24H22N8O.C2HF3O2/c1-2-18-13-25-23(12-19(18)11-17(1)20-14-27-28-15-20)29-21-3-5-22(6-4-21)32-16-26-24(30-32)31-7-9-33-10-8-31;3-2(4,5)1(6)7/h1-6,11-16H,7-10H2,(H,25,29)(H,27,28);(H,6,7). The van der Waals surface area contributed by atoms with Crippen LogP contribution in [0, 0.1) is 0 Å². The van der Waals surface area contributed by atoms with Crippen molar-refractivity contribution in [3.8, 4) is 16.8 Å². The average Bonchev–Trinajstić information content (AvgIpc) is 3.67. The number of rotatable bonds is 5. The number of carboxylic acid groups (broad SMARTS) is 1. The Morgan fingerprint density at radius 1 is 0.975 bits per heavy atom. The van der Waals surface area contributed by atoms with Crippen LogP contribution in [-0.4, -0.2) is 73.5 Å². The molecule has 0 spiro atoms. The van der Waals surface area contributed by atoms with Gasteiger partial charge in [0, 0.05) is 42.1 Å². The molecule has 6 rings (SSSR count). The van der Waals surface area contributed by atoms with Crippen molar-refractivity contribution in [2.75, 3.05) is 36.5 Å². The lowest BCUT2D eigenvalue weighted by Gasteiger charge is -2.25. The molecule has 3 aromatic heterocycles. The lowest BCUT2D eigenvalue weighted by Crippen LogP contribution is -2.37. The maximum atomic E-state index is 10.6. The van der Waals surface area contributed by atoms with Crippen molar-refractivity contribution < 1.29 is 27.8 Å². The molecule has 40 heavy (non-hydrogen) atoms. The smallest absolute Gasteiger partial charge is 0.475 e. The van der Waals surface area contributed by atoms with Crippen LogP contribution < -0.4 is 10.2 Å². The van der Waals surface area contributed by atoms with E-state index in [9.17, 15) is 13.2 Å². The minimum absolute atomic E-state index is 0.711. The Kier molecular flexibility index (Phi) is 7.59. The van der Waals surface area contributed by atoms with E-state index in [1.165, 1.54) is 0 Å². The second kappa shape index (κ2) is 11.4. The number of morpholine rings is 1. The number of alkyl halides is 3. The lowest BCUT2D eigenvalue weighted by atomic mass is 10.1. The summed E-state index contributed by atoms with van der Waals surface area (Å²) < 4.78 is 38.9. The number of halogens is 3. The summed E-state index contributed by atoms with van der Waals surface area (Å²) in [4.78, 5) is 20.0. The molecule has 14 heteroatoms. The number of aliphatic carboxylic acids is 1. The zero-order valence-corrected chi connectivity index (χ0v) is 20.8. The highest BCUT2D eigenvalue weighted by molar-refractivity contribution is 5.88. The third-order valence-corrected chi connectivity index (χ3v) is 5.97. The number of carboxylic acids is 1. The largest absolute Gasteiger partial charge is 0.490 e. The number of fused-ring (bicyclic) bond motifs is 1. The van der Waals surface area contributed by atoms with Crippen LogP contribution in [-0.2, 0) is 9.53 Å².